The van der Waals surface area contributed by atoms with Crippen molar-refractivity contribution in [3.63, 3.8) is 0 Å². The number of hydrogen-bond acceptors (Lipinski definition) is 5. The first-order chi connectivity index (χ1) is 13.4. The van der Waals surface area contributed by atoms with Gasteiger partial charge in [0, 0.05) is 29.3 Å². The molecule has 1 N–H and O–H groups in total. The number of rotatable bonds is 2. The van der Waals surface area contributed by atoms with Gasteiger partial charge in [-0.3, -0.25) is 4.79 Å². The lowest BCUT2D eigenvalue weighted by Gasteiger charge is -2.40. The zero-order valence-electron chi connectivity index (χ0n) is 16.5. The standard InChI is InChI=1S/C21H22N2O4/c1-21(20(25)27-3)17-9-8-13(19(24)26-2)12-23(17)11-10-15-14-6-4-5-7-16(14)22-18(15)21/h4-9,12,17,22H,10-11H2,1-3H3/t17-,21-/m0/s1/i8D. The Kier molecular flexibility index (Phi) is 3.77. The van der Waals surface area contributed by atoms with E-state index in [2.05, 4.69) is 4.98 Å². The third-order valence-electron chi connectivity index (χ3n) is 5.61. The minimum atomic E-state index is -1.07. The number of aromatic nitrogens is 1. The van der Waals surface area contributed by atoms with Crippen molar-refractivity contribution in [2.45, 2.75) is 24.8 Å². The number of H-pyrrole nitrogens is 1. The number of ether oxygens (including phenoxy) is 2. The number of carbonyl (C=O) groups excluding carboxylic acids is 2. The average Bonchev–Trinajstić information content (AvgIpc) is 3.04. The summed E-state index contributed by atoms with van der Waals surface area (Å²) in [5, 5.41) is 1.07. The fraction of sp³-hybridized carbons (Fsp3) is 0.333. The van der Waals surface area contributed by atoms with Crippen LogP contribution in [0.1, 0.15) is 19.6 Å². The number of fused-ring (bicyclic) bond motifs is 4. The zero-order chi connectivity index (χ0) is 20.1. The number of esters is 2. The van der Waals surface area contributed by atoms with Crippen molar-refractivity contribution >= 4 is 22.8 Å². The molecule has 0 unspecified atom stereocenters. The molecule has 0 saturated carbocycles. The predicted molar refractivity (Wildman–Crippen MR) is 101 cm³/mol. The van der Waals surface area contributed by atoms with E-state index in [-0.39, 0.29) is 11.6 Å². The smallest absolute Gasteiger partial charge is 0.339 e. The van der Waals surface area contributed by atoms with Gasteiger partial charge in [0.2, 0.25) is 0 Å². The Hall–Kier alpha value is -3.02. The van der Waals surface area contributed by atoms with Gasteiger partial charge in [0.05, 0.1) is 27.2 Å². The Morgan fingerprint density at radius 3 is 2.81 bits per heavy atom. The molecular weight excluding hydrogens is 344 g/mol. The maximum absolute atomic E-state index is 13.0. The van der Waals surface area contributed by atoms with Crippen molar-refractivity contribution < 1.29 is 20.4 Å². The Bertz CT molecular complexity index is 1040. The molecule has 6 heteroatoms. The van der Waals surface area contributed by atoms with Gasteiger partial charge in [-0.25, -0.2) is 4.79 Å². The molecule has 0 radical (unpaired) electrons. The van der Waals surface area contributed by atoms with Crippen LogP contribution in [0, 0.1) is 0 Å². The summed E-state index contributed by atoms with van der Waals surface area (Å²) in [5.41, 5.74) is 1.94. The van der Waals surface area contributed by atoms with Crippen LogP contribution >= 0.6 is 0 Å². The van der Waals surface area contributed by atoms with Gasteiger partial charge in [-0.05, 0) is 31.0 Å². The monoisotopic (exact) mass is 367 g/mol. The second-order valence-electron chi connectivity index (χ2n) is 7.00. The maximum atomic E-state index is 13.0. The van der Waals surface area contributed by atoms with Gasteiger partial charge in [0.15, 0.2) is 0 Å². The lowest BCUT2D eigenvalue weighted by Crippen LogP contribution is -2.51. The van der Waals surface area contributed by atoms with Crippen molar-refractivity contribution in [3.05, 3.63) is 59.4 Å². The number of nitrogens with zero attached hydrogens (tertiary/aromatic N) is 1. The van der Waals surface area contributed by atoms with Crippen LogP contribution in [0.3, 0.4) is 0 Å². The molecule has 2 aliphatic heterocycles. The summed E-state index contributed by atoms with van der Waals surface area (Å²) in [7, 11) is 2.66. The number of methoxy groups -OCH3 is 2. The lowest BCUT2D eigenvalue weighted by molar-refractivity contribution is -0.148. The topological polar surface area (TPSA) is 71.6 Å². The first kappa shape index (κ1) is 16.2. The molecule has 0 fully saturated rings. The van der Waals surface area contributed by atoms with Crippen molar-refractivity contribution in [1.82, 2.24) is 9.88 Å². The van der Waals surface area contributed by atoms with E-state index in [1.807, 2.05) is 36.1 Å². The van der Waals surface area contributed by atoms with Crippen LogP contribution in [0.2, 0.25) is 0 Å². The first-order valence-corrected chi connectivity index (χ1v) is 8.85. The molecule has 3 heterocycles. The number of aromatic amines is 1. The van der Waals surface area contributed by atoms with E-state index in [9.17, 15) is 9.59 Å². The van der Waals surface area contributed by atoms with Crippen LogP contribution in [-0.2, 0) is 30.9 Å². The molecule has 0 bridgehead atoms. The molecular formula is C21H22N2O4. The van der Waals surface area contributed by atoms with E-state index >= 15 is 0 Å². The number of carbonyl (C=O) groups is 2. The SMILES string of the molecule is [2H]C1=C[C@@H]2N(C=C1C(=O)OC)CCc1c([nH]c3ccccc13)[C@@]2(C)C(=O)OC. The predicted octanol–water partition coefficient (Wildman–Crippen LogP) is 2.45. The van der Waals surface area contributed by atoms with E-state index in [1.165, 1.54) is 14.2 Å². The van der Waals surface area contributed by atoms with Crippen LogP contribution in [-0.4, -0.2) is 48.6 Å². The Morgan fingerprint density at radius 1 is 1.30 bits per heavy atom. The fourth-order valence-electron chi connectivity index (χ4n) is 4.20. The highest BCUT2D eigenvalue weighted by Gasteiger charge is 2.50. The van der Waals surface area contributed by atoms with Gasteiger partial charge in [-0.2, -0.15) is 0 Å². The fourth-order valence-corrected chi connectivity index (χ4v) is 4.20. The minimum absolute atomic E-state index is 0.0442. The summed E-state index contributed by atoms with van der Waals surface area (Å²) >= 11 is 0. The Morgan fingerprint density at radius 2 is 2.07 bits per heavy atom. The van der Waals surface area contributed by atoms with Crippen LogP contribution in [0.15, 0.2) is 48.2 Å². The van der Waals surface area contributed by atoms with Crippen LogP contribution in [0.5, 0.6) is 0 Å². The zero-order valence-corrected chi connectivity index (χ0v) is 15.5. The van der Waals surface area contributed by atoms with Crippen molar-refractivity contribution in [2.24, 2.45) is 0 Å². The molecule has 0 aliphatic carbocycles. The Balaban J connectivity index is 1.93. The number of hydrogen-bond donors (Lipinski definition) is 1. The quantitative estimate of drug-likeness (QED) is 0.826. The second kappa shape index (κ2) is 6.30. The molecule has 2 atom stereocenters. The lowest BCUT2D eigenvalue weighted by atomic mass is 9.76. The molecule has 2 aliphatic rings. The third kappa shape index (κ3) is 2.47. The molecule has 1 aromatic heterocycles. The molecule has 0 saturated heterocycles. The van der Waals surface area contributed by atoms with E-state index in [4.69, 9.17) is 10.8 Å². The first-order valence-electron chi connectivity index (χ1n) is 9.35. The largest absolute Gasteiger partial charge is 0.468 e. The molecule has 1 aromatic carbocycles. The summed E-state index contributed by atoms with van der Waals surface area (Å²) in [6.45, 7) is 2.42. The Labute approximate surface area is 158 Å². The average molecular weight is 367 g/mol. The molecule has 2 aromatic rings. The molecule has 4 rings (SSSR count). The summed E-state index contributed by atoms with van der Waals surface area (Å²) in [6.07, 6.45) is 3.96. The number of nitrogens with one attached hydrogen (secondary N) is 1. The maximum Gasteiger partial charge on any atom is 0.339 e. The van der Waals surface area contributed by atoms with Crippen molar-refractivity contribution in [3.8, 4) is 0 Å². The van der Waals surface area contributed by atoms with Gasteiger partial charge in [0.25, 0.3) is 0 Å². The summed E-state index contributed by atoms with van der Waals surface area (Å²) < 4.78 is 18.3. The summed E-state index contributed by atoms with van der Waals surface area (Å²) in [4.78, 5) is 30.5. The molecule has 0 amide bonds. The molecule has 0 spiro atoms. The van der Waals surface area contributed by atoms with Gasteiger partial charge in [-0.15, -0.1) is 0 Å². The second-order valence-corrected chi connectivity index (χ2v) is 7.00. The van der Waals surface area contributed by atoms with E-state index in [0.29, 0.717) is 13.0 Å². The van der Waals surface area contributed by atoms with Crippen LogP contribution < -0.4 is 0 Å². The van der Waals surface area contributed by atoms with E-state index in [0.717, 1.165) is 22.2 Å². The normalized spacial score (nSPS) is 24.8. The van der Waals surface area contributed by atoms with Gasteiger partial charge >= 0.3 is 11.9 Å². The van der Waals surface area contributed by atoms with Crippen molar-refractivity contribution in [1.29, 1.82) is 0 Å². The third-order valence-corrected chi connectivity index (χ3v) is 5.61. The number of para-hydroxylation sites is 1. The molecule has 140 valence electrons. The van der Waals surface area contributed by atoms with Gasteiger partial charge < -0.3 is 19.4 Å². The molecule has 27 heavy (non-hydrogen) atoms. The highest BCUT2D eigenvalue weighted by Crippen LogP contribution is 2.41. The minimum Gasteiger partial charge on any atom is -0.468 e. The van der Waals surface area contributed by atoms with E-state index < -0.39 is 23.4 Å². The van der Waals surface area contributed by atoms with Crippen molar-refractivity contribution in [2.75, 3.05) is 20.8 Å². The van der Waals surface area contributed by atoms with Crippen LogP contribution in [0.4, 0.5) is 0 Å². The highest BCUT2D eigenvalue weighted by molar-refractivity contribution is 5.93. The van der Waals surface area contributed by atoms with E-state index in [1.54, 1.807) is 12.3 Å². The van der Waals surface area contributed by atoms with Crippen LogP contribution in [0.25, 0.3) is 10.9 Å². The number of benzene rings is 1. The molecule has 6 nitrogen and oxygen atoms in total. The van der Waals surface area contributed by atoms with Gasteiger partial charge in [0.1, 0.15) is 5.41 Å². The highest BCUT2D eigenvalue weighted by atomic mass is 16.5. The summed E-state index contributed by atoms with van der Waals surface area (Å²) in [5.74, 6) is -0.955. The summed E-state index contributed by atoms with van der Waals surface area (Å²) in [6, 6.07) is 7.53. The van der Waals surface area contributed by atoms with Gasteiger partial charge in [-0.1, -0.05) is 24.3 Å².